The Labute approximate surface area is 175 Å². The number of aryl methyl sites for hydroxylation is 1. The number of amides is 1. The minimum absolute atomic E-state index is 0. The highest BCUT2D eigenvalue weighted by atomic mass is 79.9. The van der Waals surface area contributed by atoms with Crippen LogP contribution in [0.5, 0.6) is 5.75 Å². The van der Waals surface area contributed by atoms with Gasteiger partial charge in [0.1, 0.15) is 11.9 Å². The van der Waals surface area contributed by atoms with Gasteiger partial charge in [-0.15, -0.1) is 0 Å². The van der Waals surface area contributed by atoms with Gasteiger partial charge in [0, 0.05) is 17.3 Å². The predicted octanol–water partition coefficient (Wildman–Crippen LogP) is 0.349. The molecular formula is C22H24BrN3O2. The number of carbonyl (C=O) groups excluding carboxylic acids is 1. The maximum atomic E-state index is 12.6. The number of imidazole rings is 1. The van der Waals surface area contributed by atoms with E-state index in [4.69, 9.17) is 4.74 Å². The first-order valence-corrected chi connectivity index (χ1v) is 9.27. The maximum Gasteiger partial charge on any atom is 0.266 e. The Morgan fingerprint density at radius 1 is 1.21 bits per heavy atom. The molecular weight excluding hydrogens is 418 g/mol. The summed E-state index contributed by atoms with van der Waals surface area (Å²) in [6, 6.07) is 16.0. The van der Waals surface area contributed by atoms with Crippen LogP contribution in [0.3, 0.4) is 0 Å². The number of fused-ring (bicyclic) bond motifs is 1. The highest BCUT2D eigenvalue weighted by molar-refractivity contribution is 5.89. The highest BCUT2D eigenvalue weighted by Gasteiger charge is 2.29. The van der Waals surface area contributed by atoms with Gasteiger partial charge in [-0.2, -0.15) is 0 Å². The number of carbonyl (C=O) groups is 1. The van der Waals surface area contributed by atoms with Crippen molar-refractivity contribution >= 4 is 11.6 Å². The van der Waals surface area contributed by atoms with E-state index in [1.807, 2.05) is 24.3 Å². The van der Waals surface area contributed by atoms with Crippen LogP contribution in [0, 0.1) is 6.92 Å². The van der Waals surface area contributed by atoms with Crippen molar-refractivity contribution in [1.29, 1.82) is 0 Å². The molecule has 2 heterocycles. The summed E-state index contributed by atoms with van der Waals surface area (Å²) in [5.74, 6) is 1.90. The van der Waals surface area contributed by atoms with Gasteiger partial charge in [0.05, 0.1) is 20.1 Å². The van der Waals surface area contributed by atoms with Crippen molar-refractivity contribution in [3.8, 4) is 17.0 Å². The topological polar surface area (TPSA) is 47.1 Å². The van der Waals surface area contributed by atoms with Crippen molar-refractivity contribution in [3.05, 3.63) is 66.1 Å². The number of methoxy groups -OCH3 is 1. The number of aromatic nitrogens is 2. The van der Waals surface area contributed by atoms with Crippen LogP contribution in [0.25, 0.3) is 11.3 Å². The molecule has 0 aliphatic carbocycles. The lowest BCUT2D eigenvalue weighted by molar-refractivity contribution is -0.690. The van der Waals surface area contributed by atoms with Crippen LogP contribution in [0.1, 0.15) is 17.8 Å². The smallest absolute Gasteiger partial charge is 0.266 e. The van der Waals surface area contributed by atoms with Crippen molar-refractivity contribution in [2.24, 2.45) is 0 Å². The third-order valence-corrected chi connectivity index (χ3v) is 5.01. The van der Waals surface area contributed by atoms with Crippen LogP contribution < -0.4 is 31.6 Å². The summed E-state index contributed by atoms with van der Waals surface area (Å²) in [4.78, 5) is 12.6. The Bertz CT molecular complexity index is 980. The van der Waals surface area contributed by atoms with Gasteiger partial charge in [-0.1, -0.05) is 35.9 Å². The van der Waals surface area contributed by atoms with Crippen molar-refractivity contribution in [1.82, 2.24) is 4.57 Å². The van der Waals surface area contributed by atoms with E-state index in [0.29, 0.717) is 6.54 Å². The average Bonchev–Trinajstić information content (AvgIpc) is 3.27. The van der Waals surface area contributed by atoms with E-state index in [1.54, 1.807) is 7.11 Å². The fraction of sp³-hybridized carbons (Fsp3) is 0.273. The van der Waals surface area contributed by atoms with Crippen LogP contribution in [0.2, 0.25) is 0 Å². The molecule has 146 valence electrons. The van der Waals surface area contributed by atoms with E-state index < -0.39 is 0 Å². The number of rotatable bonds is 5. The van der Waals surface area contributed by atoms with Gasteiger partial charge in [-0.3, -0.25) is 4.79 Å². The number of benzene rings is 2. The molecule has 3 aromatic rings. The number of hydrogen-bond donors (Lipinski definition) is 1. The summed E-state index contributed by atoms with van der Waals surface area (Å²) >= 11 is 0. The van der Waals surface area contributed by atoms with Crippen LogP contribution in [0.15, 0.2) is 54.7 Å². The first kappa shape index (κ1) is 20.1. The molecule has 1 aliphatic heterocycles. The number of nitrogens with one attached hydrogen (secondary N) is 1. The van der Waals surface area contributed by atoms with Crippen molar-refractivity contribution in [2.45, 2.75) is 32.9 Å². The molecule has 0 unspecified atom stereocenters. The number of halogens is 1. The molecule has 0 fully saturated rings. The predicted molar refractivity (Wildman–Crippen MR) is 105 cm³/mol. The van der Waals surface area contributed by atoms with Crippen LogP contribution >= 0.6 is 0 Å². The SMILES string of the molecule is COc1cccc(NC(=O)C[n+]2cc(-c3ccc(C)cc3)n3c2CCC3)c1.[Br-]. The Hall–Kier alpha value is -2.60. The van der Waals surface area contributed by atoms with Gasteiger partial charge in [0.25, 0.3) is 11.7 Å². The number of ether oxygens (including phenoxy) is 1. The molecule has 1 aromatic heterocycles. The quantitative estimate of drug-likeness (QED) is 0.580. The lowest BCUT2D eigenvalue weighted by atomic mass is 10.1. The van der Waals surface area contributed by atoms with Crippen molar-refractivity contribution in [2.75, 3.05) is 12.4 Å². The minimum atomic E-state index is -0.0380. The molecule has 5 nitrogen and oxygen atoms in total. The third-order valence-electron chi connectivity index (χ3n) is 5.01. The molecule has 1 amide bonds. The van der Waals surface area contributed by atoms with Gasteiger partial charge >= 0.3 is 0 Å². The molecule has 28 heavy (non-hydrogen) atoms. The van der Waals surface area contributed by atoms with Gasteiger partial charge in [0.2, 0.25) is 0 Å². The Kier molecular flexibility index (Phi) is 6.19. The van der Waals surface area contributed by atoms with Crippen molar-refractivity contribution < 1.29 is 31.1 Å². The standard InChI is InChI=1S/C22H23N3O2.BrH/c1-16-8-10-17(11-9-16)20-14-24(22-7-4-12-25(20)22)15-21(26)23-18-5-3-6-19(13-18)27-2;/h3,5-6,8-11,13-14H,4,7,12,15H2,1-2H3;1H. The zero-order valence-corrected chi connectivity index (χ0v) is 17.7. The molecule has 0 spiro atoms. The van der Waals surface area contributed by atoms with Gasteiger partial charge in [-0.25, -0.2) is 9.13 Å². The lowest BCUT2D eigenvalue weighted by Gasteiger charge is -2.06. The van der Waals surface area contributed by atoms with Crippen LogP contribution in [-0.4, -0.2) is 17.6 Å². The molecule has 4 rings (SSSR count). The molecule has 2 aromatic carbocycles. The Balaban J connectivity index is 0.00000225. The second-order valence-corrected chi connectivity index (χ2v) is 6.96. The normalized spacial score (nSPS) is 12.2. The second kappa shape index (κ2) is 8.61. The van der Waals surface area contributed by atoms with E-state index in [0.717, 1.165) is 30.8 Å². The molecule has 0 saturated carbocycles. The first-order chi connectivity index (χ1) is 13.1. The van der Waals surface area contributed by atoms with Gasteiger partial charge in [-0.05, 0) is 25.5 Å². The molecule has 0 atom stereocenters. The number of nitrogens with zero attached hydrogens (tertiary/aromatic N) is 2. The first-order valence-electron chi connectivity index (χ1n) is 9.27. The zero-order chi connectivity index (χ0) is 18.8. The lowest BCUT2D eigenvalue weighted by Crippen LogP contribution is -3.00. The molecule has 1 N–H and O–H groups in total. The Morgan fingerprint density at radius 2 is 2.00 bits per heavy atom. The summed E-state index contributed by atoms with van der Waals surface area (Å²) in [5.41, 5.74) is 4.36. The zero-order valence-electron chi connectivity index (χ0n) is 16.1. The maximum absolute atomic E-state index is 12.6. The number of anilines is 1. The minimum Gasteiger partial charge on any atom is -1.00 e. The molecule has 0 saturated heterocycles. The summed E-state index contributed by atoms with van der Waals surface area (Å²) < 4.78 is 9.63. The fourth-order valence-corrected chi connectivity index (χ4v) is 3.66. The molecule has 0 radical (unpaired) electrons. The van der Waals surface area contributed by atoms with Crippen molar-refractivity contribution in [3.63, 3.8) is 0 Å². The highest BCUT2D eigenvalue weighted by Crippen LogP contribution is 2.25. The van der Waals surface area contributed by atoms with E-state index in [1.165, 1.54) is 22.6 Å². The van der Waals surface area contributed by atoms with Gasteiger partial charge < -0.3 is 27.0 Å². The molecule has 1 aliphatic rings. The molecule has 0 bridgehead atoms. The largest absolute Gasteiger partial charge is 1.00 e. The second-order valence-electron chi connectivity index (χ2n) is 6.96. The monoisotopic (exact) mass is 441 g/mol. The van der Waals surface area contributed by atoms with E-state index in [9.17, 15) is 4.79 Å². The van der Waals surface area contributed by atoms with Gasteiger partial charge in [0.15, 0.2) is 12.2 Å². The summed E-state index contributed by atoms with van der Waals surface area (Å²) in [5, 5.41) is 2.96. The number of hydrogen-bond acceptors (Lipinski definition) is 2. The summed E-state index contributed by atoms with van der Waals surface area (Å²) in [7, 11) is 1.62. The van der Waals surface area contributed by atoms with E-state index >= 15 is 0 Å². The fourth-order valence-electron chi connectivity index (χ4n) is 3.66. The van der Waals surface area contributed by atoms with E-state index in [2.05, 4.69) is 51.8 Å². The van der Waals surface area contributed by atoms with Crippen LogP contribution in [0.4, 0.5) is 5.69 Å². The average molecular weight is 442 g/mol. The molecule has 6 heteroatoms. The van der Waals surface area contributed by atoms with Crippen LogP contribution in [-0.2, 0) is 24.3 Å². The summed E-state index contributed by atoms with van der Waals surface area (Å²) in [6.07, 6.45) is 4.22. The Morgan fingerprint density at radius 3 is 2.75 bits per heavy atom. The summed E-state index contributed by atoms with van der Waals surface area (Å²) in [6.45, 7) is 3.40. The third kappa shape index (κ3) is 4.12. The van der Waals surface area contributed by atoms with E-state index in [-0.39, 0.29) is 22.9 Å².